The third kappa shape index (κ3) is 2.15. The maximum atomic E-state index is 11.5. The van der Waals surface area contributed by atoms with Gasteiger partial charge in [-0.25, -0.2) is 4.79 Å². The van der Waals surface area contributed by atoms with Gasteiger partial charge in [0.2, 0.25) is 0 Å². The number of hydrogen-bond donors (Lipinski definition) is 5. The van der Waals surface area contributed by atoms with Gasteiger partial charge >= 0.3 is 5.69 Å². The topological polar surface area (TPSA) is 136 Å². The van der Waals surface area contributed by atoms with Gasteiger partial charge in [0, 0.05) is 6.20 Å². The fraction of sp³-hybridized carbons (Fsp3) is 0.556. The Morgan fingerprint density at radius 1 is 1.24 bits per heavy atom. The first-order valence-electron chi connectivity index (χ1n) is 4.98. The molecule has 0 aromatic carbocycles. The molecule has 1 aliphatic rings. The molecular weight excluding hydrogens is 232 g/mol. The first-order chi connectivity index (χ1) is 8.00. The number of H-pyrrole nitrogens is 2. The van der Waals surface area contributed by atoms with E-state index in [4.69, 9.17) is 4.74 Å². The van der Waals surface area contributed by atoms with Crippen molar-refractivity contribution in [1.82, 2.24) is 9.97 Å². The van der Waals surface area contributed by atoms with E-state index in [1.807, 2.05) is 4.98 Å². The number of hydrogen-bond acceptors (Lipinski definition) is 6. The van der Waals surface area contributed by atoms with E-state index in [9.17, 15) is 24.9 Å². The molecule has 2 rings (SSSR count). The van der Waals surface area contributed by atoms with E-state index in [0.717, 1.165) is 6.20 Å². The predicted molar refractivity (Wildman–Crippen MR) is 54.4 cm³/mol. The number of aliphatic hydroxyl groups is 3. The van der Waals surface area contributed by atoms with Crippen LogP contribution in [0.25, 0.3) is 0 Å². The van der Waals surface area contributed by atoms with Gasteiger partial charge in [0.25, 0.3) is 5.56 Å². The quantitative estimate of drug-likeness (QED) is 0.362. The van der Waals surface area contributed by atoms with Gasteiger partial charge in [-0.05, 0) is 0 Å². The van der Waals surface area contributed by atoms with Gasteiger partial charge in [-0.1, -0.05) is 0 Å². The first-order valence-corrected chi connectivity index (χ1v) is 4.98. The van der Waals surface area contributed by atoms with Crippen LogP contribution < -0.4 is 11.2 Å². The van der Waals surface area contributed by atoms with E-state index < -0.39 is 35.7 Å². The first kappa shape index (κ1) is 12.0. The maximum absolute atomic E-state index is 11.5. The summed E-state index contributed by atoms with van der Waals surface area (Å²) in [6.45, 7) is -0.207. The standard InChI is InChI=1S/C9H12N2O6/c12-4-2-17-7(6(14)5(4)13)3-1-10-9(16)11-8(3)15/h1,4-7,12-14H,2H2,(H2,10,11,15,16)/t4-,5-,6-,7+/m1/s1. The van der Waals surface area contributed by atoms with Crippen LogP contribution in [0.5, 0.6) is 0 Å². The van der Waals surface area contributed by atoms with Crippen LogP contribution in [0.1, 0.15) is 11.7 Å². The minimum absolute atomic E-state index is 0.0111. The molecule has 0 amide bonds. The molecule has 4 atom stereocenters. The van der Waals surface area contributed by atoms with E-state index in [1.165, 1.54) is 0 Å². The summed E-state index contributed by atoms with van der Waals surface area (Å²) in [6, 6.07) is 0. The van der Waals surface area contributed by atoms with Crippen LogP contribution in [0.15, 0.2) is 15.8 Å². The summed E-state index contributed by atoms with van der Waals surface area (Å²) in [6.07, 6.45) is -4.03. The van der Waals surface area contributed by atoms with Crippen molar-refractivity contribution >= 4 is 0 Å². The van der Waals surface area contributed by atoms with E-state index in [-0.39, 0.29) is 12.2 Å². The second kappa shape index (κ2) is 4.41. The summed E-state index contributed by atoms with van der Waals surface area (Å²) in [4.78, 5) is 26.5. The van der Waals surface area contributed by atoms with Crippen LogP contribution in [0.3, 0.4) is 0 Å². The number of aliphatic hydroxyl groups excluding tert-OH is 3. The van der Waals surface area contributed by atoms with Crippen LogP contribution >= 0.6 is 0 Å². The molecule has 0 bridgehead atoms. The Morgan fingerprint density at radius 3 is 2.59 bits per heavy atom. The van der Waals surface area contributed by atoms with E-state index in [1.54, 1.807) is 0 Å². The van der Waals surface area contributed by atoms with Gasteiger partial charge in [0.05, 0.1) is 12.2 Å². The van der Waals surface area contributed by atoms with Crippen molar-refractivity contribution in [2.75, 3.05) is 6.61 Å². The summed E-state index contributed by atoms with van der Waals surface area (Å²) < 4.78 is 5.08. The summed E-state index contributed by atoms with van der Waals surface area (Å²) in [5.74, 6) is 0. The van der Waals surface area contributed by atoms with Crippen molar-refractivity contribution in [3.8, 4) is 0 Å². The minimum atomic E-state index is -1.44. The van der Waals surface area contributed by atoms with Gasteiger partial charge in [-0.15, -0.1) is 0 Å². The Morgan fingerprint density at radius 2 is 1.94 bits per heavy atom. The molecular formula is C9H12N2O6. The Kier molecular flexibility index (Phi) is 3.11. The summed E-state index contributed by atoms with van der Waals surface area (Å²) in [5.41, 5.74) is -1.39. The highest BCUT2D eigenvalue weighted by atomic mass is 16.5. The van der Waals surface area contributed by atoms with Crippen molar-refractivity contribution in [2.45, 2.75) is 24.4 Å². The molecule has 0 radical (unpaired) electrons. The molecule has 1 aromatic heterocycles. The normalized spacial score (nSPS) is 33.6. The van der Waals surface area contributed by atoms with E-state index in [0.29, 0.717) is 0 Å². The highest BCUT2D eigenvalue weighted by Gasteiger charge is 2.39. The van der Waals surface area contributed by atoms with E-state index in [2.05, 4.69) is 4.98 Å². The lowest BCUT2D eigenvalue weighted by atomic mass is 9.96. The summed E-state index contributed by atoms with van der Waals surface area (Å²) >= 11 is 0. The molecule has 17 heavy (non-hydrogen) atoms. The molecule has 0 spiro atoms. The largest absolute Gasteiger partial charge is 0.388 e. The monoisotopic (exact) mass is 244 g/mol. The average molecular weight is 244 g/mol. The molecule has 94 valence electrons. The van der Waals surface area contributed by atoms with Crippen LogP contribution in [0.4, 0.5) is 0 Å². The van der Waals surface area contributed by atoms with Crippen LogP contribution in [-0.2, 0) is 4.74 Å². The zero-order chi connectivity index (χ0) is 12.6. The molecule has 5 N–H and O–H groups in total. The SMILES string of the molecule is O=c1[nH]cc([C@@H]2OC[C@@H](O)[C@@H](O)[C@H]2O)c(=O)[nH]1. The number of aromatic amines is 2. The molecule has 0 saturated carbocycles. The maximum Gasteiger partial charge on any atom is 0.325 e. The lowest BCUT2D eigenvalue weighted by molar-refractivity contribution is -0.189. The van der Waals surface area contributed by atoms with Gasteiger partial charge in [-0.3, -0.25) is 9.78 Å². The predicted octanol–water partition coefficient (Wildman–Crippen LogP) is -2.78. The van der Waals surface area contributed by atoms with Crippen molar-refractivity contribution in [1.29, 1.82) is 0 Å². The lowest BCUT2D eigenvalue weighted by Crippen LogP contribution is -2.50. The highest BCUT2D eigenvalue weighted by molar-refractivity contribution is 5.12. The van der Waals surface area contributed by atoms with Crippen LogP contribution in [-0.4, -0.2) is 50.2 Å². The van der Waals surface area contributed by atoms with Crippen molar-refractivity contribution in [3.05, 3.63) is 32.6 Å². The Bertz CT molecular complexity index is 509. The number of aromatic nitrogens is 2. The second-order valence-electron chi connectivity index (χ2n) is 3.83. The fourth-order valence-corrected chi connectivity index (χ4v) is 1.71. The molecule has 1 aliphatic heterocycles. The average Bonchev–Trinajstić information content (AvgIpc) is 2.28. The molecule has 8 heteroatoms. The van der Waals surface area contributed by atoms with Gasteiger partial charge in [0.15, 0.2) is 0 Å². The summed E-state index contributed by atoms with van der Waals surface area (Å²) in [5, 5.41) is 28.4. The lowest BCUT2D eigenvalue weighted by Gasteiger charge is -2.34. The van der Waals surface area contributed by atoms with Gasteiger partial charge in [0.1, 0.15) is 24.4 Å². The van der Waals surface area contributed by atoms with Crippen LogP contribution in [0.2, 0.25) is 0 Å². The molecule has 0 unspecified atom stereocenters. The molecule has 1 aromatic rings. The molecule has 1 saturated heterocycles. The second-order valence-corrected chi connectivity index (χ2v) is 3.83. The molecule has 1 fully saturated rings. The molecule has 0 aliphatic carbocycles. The Balaban J connectivity index is 2.34. The third-order valence-electron chi connectivity index (χ3n) is 2.66. The van der Waals surface area contributed by atoms with E-state index >= 15 is 0 Å². The number of rotatable bonds is 1. The highest BCUT2D eigenvalue weighted by Crippen LogP contribution is 2.26. The minimum Gasteiger partial charge on any atom is -0.388 e. The van der Waals surface area contributed by atoms with Crippen molar-refractivity contribution in [3.63, 3.8) is 0 Å². The Labute approximate surface area is 94.5 Å². The summed E-state index contributed by atoms with van der Waals surface area (Å²) in [7, 11) is 0. The number of nitrogens with one attached hydrogen (secondary N) is 2. The third-order valence-corrected chi connectivity index (χ3v) is 2.66. The molecule has 8 nitrogen and oxygen atoms in total. The van der Waals surface area contributed by atoms with Crippen LogP contribution in [0, 0.1) is 0 Å². The zero-order valence-corrected chi connectivity index (χ0v) is 8.66. The number of ether oxygens (including phenoxy) is 1. The van der Waals surface area contributed by atoms with Gasteiger partial charge in [-0.2, -0.15) is 0 Å². The van der Waals surface area contributed by atoms with Gasteiger partial charge < -0.3 is 25.0 Å². The smallest absolute Gasteiger partial charge is 0.325 e. The zero-order valence-electron chi connectivity index (χ0n) is 8.66. The fourth-order valence-electron chi connectivity index (χ4n) is 1.71. The Hall–Kier alpha value is -1.48. The molecule has 2 heterocycles. The van der Waals surface area contributed by atoms with Crippen molar-refractivity contribution in [2.24, 2.45) is 0 Å². The van der Waals surface area contributed by atoms with Crippen molar-refractivity contribution < 1.29 is 20.1 Å².